The highest BCUT2D eigenvalue weighted by molar-refractivity contribution is 8.00. The quantitative estimate of drug-likeness (QED) is 0.508. The van der Waals surface area contributed by atoms with Gasteiger partial charge in [0.2, 0.25) is 0 Å². The van der Waals surface area contributed by atoms with E-state index in [1.54, 1.807) is 23.9 Å². The Morgan fingerprint density at radius 2 is 2.00 bits per heavy atom. The molecule has 0 aliphatic carbocycles. The second-order valence-electron chi connectivity index (χ2n) is 4.31. The van der Waals surface area contributed by atoms with Crippen LogP contribution in [0.1, 0.15) is 31.1 Å². The van der Waals surface area contributed by atoms with E-state index in [0.29, 0.717) is 22.4 Å². The van der Waals surface area contributed by atoms with Gasteiger partial charge in [0.1, 0.15) is 0 Å². The third kappa shape index (κ3) is 3.66. The molecule has 1 aromatic rings. The molecule has 0 spiro atoms. The Bertz CT molecular complexity index is 404. The van der Waals surface area contributed by atoms with Gasteiger partial charge in [-0.1, -0.05) is 20.8 Å². The van der Waals surface area contributed by atoms with E-state index in [2.05, 4.69) is 25.5 Å². The van der Waals surface area contributed by atoms with E-state index in [1.165, 1.54) is 7.11 Å². The third-order valence-corrected chi connectivity index (χ3v) is 4.22. The van der Waals surface area contributed by atoms with Crippen molar-refractivity contribution in [3.63, 3.8) is 0 Å². The molecule has 0 aromatic heterocycles. The van der Waals surface area contributed by atoms with E-state index in [4.69, 9.17) is 5.73 Å². The molecule has 0 aliphatic heterocycles. The number of anilines is 1. The van der Waals surface area contributed by atoms with Gasteiger partial charge in [-0.15, -0.1) is 11.8 Å². The molecule has 0 saturated carbocycles. The molecule has 2 N–H and O–H groups in total. The molecule has 94 valence electrons. The van der Waals surface area contributed by atoms with Crippen LogP contribution in [0.5, 0.6) is 0 Å². The molecule has 0 amide bonds. The highest BCUT2D eigenvalue weighted by Gasteiger charge is 2.13. The maximum Gasteiger partial charge on any atom is 0.337 e. The van der Waals surface area contributed by atoms with Crippen molar-refractivity contribution in [2.45, 2.75) is 30.9 Å². The zero-order valence-electron chi connectivity index (χ0n) is 10.7. The maximum absolute atomic E-state index is 11.3. The highest BCUT2D eigenvalue weighted by atomic mass is 32.2. The number of nitrogen functional groups attached to an aromatic ring is 1. The van der Waals surface area contributed by atoms with Crippen LogP contribution in [0, 0.1) is 5.92 Å². The Kier molecular flexibility index (Phi) is 4.87. The molecule has 4 heteroatoms. The summed E-state index contributed by atoms with van der Waals surface area (Å²) >= 11 is 1.73. The summed E-state index contributed by atoms with van der Waals surface area (Å²) in [5, 5.41) is 0.487. The number of esters is 1. The number of carbonyl (C=O) groups excluding carboxylic acids is 1. The largest absolute Gasteiger partial charge is 0.465 e. The minimum Gasteiger partial charge on any atom is -0.465 e. The van der Waals surface area contributed by atoms with Crippen LogP contribution in [-0.2, 0) is 4.74 Å². The fraction of sp³-hybridized carbons (Fsp3) is 0.462. The summed E-state index contributed by atoms with van der Waals surface area (Å²) in [5.41, 5.74) is 7.06. The van der Waals surface area contributed by atoms with Gasteiger partial charge in [0.25, 0.3) is 0 Å². The van der Waals surface area contributed by atoms with Crippen molar-refractivity contribution in [2.24, 2.45) is 5.92 Å². The van der Waals surface area contributed by atoms with Crippen molar-refractivity contribution < 1.29 is 9.53 Å². The monoisotopic (exact) mass is 253 g/mol. The molecule has 0 saturated heterocycles. The molecule has 0 bridgehead atoms. The van der Waals surface area contributed by atoms with E-state index in [0.717, 1.165) is 4.90 Å². The number of thioether (sulfide) groups is 1. The van der Waals surface area contributed by atoms with Crippen LogP contribution in [0.4, 0.5) is 5.69 Å². The summed E-state index contributed by atoms with van der Waals surface area (Å²) in [6.45, 7) is 6.52. The first kappa shape index (κ1) is 13.9. The lowest BCUT2D eigenvalue weighted by Crippen LogP contribution is -2.07. The highest BCUT2D eigenvalue weighted by Crippen LogP contribution is 2.32. The average molecular weight is 253 g/mol. The van der Waals surface area contributed by atoms with Crippen LogP contribution >= 0.6 is 11.8 Å². The Hall–Kier alpha value is -1.16. The summed E-state index contributed by atoms with van der Waals surface area (Å²) in [6.07, 6.45) is 0. The molecular formula is C13H19NO2S. The molecular weight excluding hydrogens is 234 g/mol. The fourth-order valence-electron chi connectivity index (χ4n) is 1.24. The summed E-state index contributed by atoms with van der Waals surface area (Å²) in [6, 6.07) is 5.30. The van der Waals surface area contributed by atoms with E-state index in [1.807, 2.05) is 6.07 Å². The van der Waals surface area contributed by atoms with E-state index in [-0.39, 0.29) is 5.97 Å². The first-order chi connectivity index (χ1) is 7.95. The smallest absolute Gasteiger partial charge is 0.337 e. The molecule has 3 nitrogen and oxygen atoms in total. The third-order valence-electron chi connectivity index (χ3n) is 2.68. The minimum atomic E-state index is -0.356. The van der Waals surface area contributed by atoms with E-state index < -0.39 is 0 Å². The summed E-state index contributed by atoms with van der Waals surface area (Å²) in [5.74, 6) is 0.227. The van der Waals surface area contributed by atoms with Crippen LogP contribution in [0.25, 0.3) is 0 Å². The molecule has 17 heavy (non-hydrogen) atoms. The Morgan fingerprint density at radius 1 is 1.35 bits per heavy atom. The zero-order chi connectivity index (χ0) is 13.0. The van der Waals surface area contributed by atoms with Gasteiger partial charge in [0, 0.05) is 15.8 Å². The van der Waals surface area contributed by atoms with Crippen LogP contribution < -0.4 is 5.73 Å². The lowest BCUT2D eigenvalue weighted by molar-refractivity contribution is 0.0600. The number of hydrogen-bond acceptors (Lipinski definition) is 4. The van der Waals surface area contributed by atoms with Gasteiger partial charge in [-0.05, 0) is 24.1 Å². The summed E-state index contributed by atoms with van der Waals surface area (Å²) < 4.78 is 4.65. The van der Waals surface area contributed by atoms with Crippen LogP contribution in [0.2, 0.25) is 0 Å². The molecule has 0 heterocycles. The summed E-state index contributed by atoms with van der Waals surface area (Å²) in [4.78, 5) is 12.3. The zero-order valence-corrected chi connectivity index (χ0v) is 11.5. The first-order valence-electron chi connectivity index (χ1n) is 5.60. The van der Waals surface area contributed by atoms with E-state index >= 15 is 0 Å². The number of methoxy groups -OCH3 is 1. The summed E-state index contributed by atoms with van der Waals surface area (Å²) in [7, 11) is 1.36. The van der Waals surface area contributed by atoms with Crippen molar-refractivity contribution in [3.8, 4) is 0 Å². The van der Waals surface area contributed by atoms with Crippen molar-refractivity contribution >= 4 is 23.4 Å². The number of benzene rings is 1. The molecule has 1 unspecified atom stereocenters. The molecule has 1 rings (SSSR count). The fourth-order valence-corrected chi connectivity index (χ4v) is 2.25. The number of nitrogens with two attached hydrogens (primary N) is 1. The predicted octanol–water partition coefficient (Wildman–Crippen LogP) is 3.19. The standard InChI is InChI=1S/C13H19NO2S/c1-8(2)9(3)17-12-6-5-10(7-11(12)14)13(15)16-4/h5-9H,14H2,1-4H3. The van der Waals surface area contributed by atoms with Gasteiger partial charge in [0.15, 0.2) is 0 Å². The second-order valence-corrected chi connectivity index (χ2v) is 5.73. The Labute approximate surface area is 107 Å². The van der Waals surface area contributed by atoms with Crippen molar-refractivity contribution in [3.05, 3.63) is 23.8 Å². The van der Waals surface area contributed by atoms with E-state index in [9.17, 15) is 4.79 Å². The van der Waals surface area contributed by atoms with Gasteiger partial charge >= 0.3 is 5.97 Å². The van der Waals surface area contributed by atoms with Crippen molar-refractivity contribution in [2.75, 3.05) is 12.8 Å². The van der Waals surface area contributed by atoms with Gasteiger partial charge in [0.05, 0.1) is 12.7 Å². The lowest BCUT2D eigenvalue weighted by atomic mass is 10.2. The molecule has 1 atom stereocenters. The molecule has 1 aromatic carbocycles. The topological polar surface area (TPSA) is 52.3 Å². The maximum atomic E-state index is 11.3. The number of ether oxygens (including phenoxy) is 1. The van der Waals surface area contributed by atoms with Gasteiger partial charge in [-0.2, -0.15) is 0 Å². The van der Waals surface area contributed by atoms with Crippen LogP contribution in [0.15, 0.2) is 23.1 Å². The first-order valence-corrected chi connectivity index (χ1v) is 6.48. The van der Waals surface area contributed by atoms with Crippen molar-refractivity contribution in [1.82, 2.24) is 0 Å². The van der Waals surface area contributed by atoms with Gasteiger partial charge in [-0.3, -0.25) is 0 Å². The van der Waals surface area contributed by atoms with Gasteiger partial charge < -0.3 is 10.5 Å². The Balaban J connectivity index is 2.87. The predicted molar refractivity (Wildman–Crippen MR) is 72.4 cm³/mol. The number of carbonyl (C=O) groups is 1. The normalized spacial score (nSPS) is 12.5. The molecule has 0 radical (unpaired) electrons. The molecule has 0 aliphatic rings. The second kappa shape index (κ2) is 5.96. The minimum absolute atomic E-state index is 0.356. The van der Waals surface area contributed by atoms with Gasteiger partial charge in [-0.25, -0.2) is 4.79 Å². The SMILES string of the molecule is COC(=O)c1ccc(SC(C)C(C)C)c(N)c1. The lowest BCUT2D eigenvalue weighted by Gasteiger charge is -2.16. The number of rotatable bonds is 4. The number of hydrogen-bond donors (Lipinski definition) is 1. The van der Waals surface area contributed by atoms with Crippen LogP contribution in [0.3, 0.4) is 0 Å². The average Bonchev–Trinajstić information content (AvgIpc) is 2.30. The van der Waals surface area contributed by atoms with Crippen LogP contribution in [-0.4, -0.2) is 18.3 Å². The molecule has 0 fully saturated rings. The van der Waals surface area contributed by atoms with Crippen molar-refractivity contribution in [1.29, 1.82) is 0 Å². The Morgan fingerprint density at radius 3 is 2.47 bits per heavy atom.